The van der Waals surface area contributed by atoms with Crippen molar-refractivity contribution in [1.82, 2.24) is 5.48 Å². The maximum absolute atomic E-state index is 11.5. The van der Waals surface area contributed by atoms with Crippen molar-refractivity contribution in [2.75, 3.05) is 0 Å². The van der Waals surface area contributed by atoms with Crippen molar-refractivity contribution in [3.05, 3.63) is 17.0 Å². The van der Waals surface area contributed by atoms with Gasteiger partial charge in [-0.3, -0.25) is 4.79 Å². The summed E-state index contributed by atoms with van der Waals surface area (Å²) >= 11 is -0.269. The third kappa shape index (κ3) is 3.67. The van der Waals surface area contributed by atoms with Crippen LogP contribution >= 0.6 is 11.3 Å². The van der Waals surface area contributed by atoms with E-state index in [2.05, 4.69) is 5.48 Å². The number of rotatable bonds is 6. The van der Waals surface area contributed by atoms with E-state index in [4.69, 9.17) is 9.39 Å². The summed E-state index contributed by atoms with van der Waals surface area (Å²) in [6.07, 6.45) is 0.876. The zero-order valence-corrected chi connectivity index (χ0v) is 10.6. The first-order valence-electron chi connectivity index (χ1n) is 4.70. The van der Waals surface area contributed by atoms with Gasteiger partial charge in [-0.05, 0) is 25.5 Å². The first-order valence-corrected chi connectivity index (χ1v) is 6.60. The molecule has 0 radical (unpaired) electrons. The predicted octanol–water partition coefficient (Wildman–Crippen LogP) is 1.33. The third-order valence-corrected chi connectivity index (χ3v) is 4.22. The Bertz CT molecular complexity index is 391. The van der Waals surface area contributed by atoms with Gasteiger partial charge < -0.3 is 5.11 Å². The molecule has 1 aromatic rings. The van der Waals surface area contributed by atoms with Gasteiger partial charge in [0.05, 0.1) is 0 Å². The first-order chi connectivity index (χ1) is 7.54. The van der Waals surface area contributed by atoms with E-state index in [-0.39, 0.29) is 0 Å². The molecule has 1 aromatic heterocycles. The van der Waals surface area contributed by atoms with Crippen LogP contribution in [0.3, 0.4) is 0 Å². The van der Waals surface area contributed by atoms with Gasteiger partial charge >= 0.3 is 5.97 Å². The highest BCUT2D eigenvalue weighted by molar-refractivity contribution is 7.82. The van der Waals surface area contributed by atoms with E-state index in [0.717, 1.165) is 11.3 Å². The Morgan fingerprint density at radius 3 is 2.88 bits per heavy atom. The molecule has 5 nitrogen and oxygen atoms in total. The third-order valence-electron chi connectivity index (χ3n) is 1.82. The van der Waals surface area contributed by atoms with Gasteiger partial charge in [0.1, 0.15) is 10.3 Å². The molecule has 2 unspecified atom stereocenters. The minimum absolute atomic E-state index is 0.571. The van der Waals surface area contributed by atoms with Crippen molar-refractivity contribution in [2.45, 2.75) is 30.5 Å². The maximum atomic E-state index is 11.5. The number of hydrogen-bond acceptors (Lipinski definition) is 5. The minimum atomic E-state index is -1.66. The van der Waals surface area contributed by atoms with Gasteiger partial charge in [-0.25, -0.2) is 4.21 Å². The number of aliphatic carboxylic acids is 1. The Hall–Kier alpha value is -0.760. The Kier molecular flexibility index (Phi) is 5.07. The SMILES string of the molecule is CCc1ccc(S(=O)ONC(C)C(=O)O)s1. The lowest BCUT2D eigenvalue weighted by Gasteiger charge is -2.06. The molecule has 0 aliphatic carbocycles. The van der Waals surface area contributed by atoms with Crippen LogP contribution < -0.4 is 5.48 Å². The summed E-state index contributed by atoms with van der Waals surface area (Å²) in [5.74, 6) is -1.06. The summed E-state index contributed by atoms with van der Waals surface area (Å²) in [5, 5.41) is 8.57. The topological polar surface area (TPSA) is 75.6 Å². The van der Waals surface area contributed by atoms with Gasteiger partial charge in [0.25, 0.3) is 0 Å². The average Bonchev–Trinajstić information content (AvgIpc) is 2.73. The molecule has 0 bridgehead atoms. The van der Waals surface area contributed by atoms with E-state index in [9.17, 15) is 9.00 Å². The molecule has 1 rings (SSSR count). The quantitative estimate of drug-likeness (QED) is 0.757. The molecule has 0 saturated heterocycles. The van der Waals surface area contributed by atoms with Crippen molar-refractivity contribution in [1.29, 1.82) is 0 Å². The summed E-state index contributed by atoms with van der Waals surface area (Å²) in [6.45, 7) is 3.41. The van der Waals surface area contributed by atoms with E-state index in [1.54, 1.807) is 6.07 Å². The van der Waals surface area contributed by atoms with Gasteiger partial charge in [-0.1, -0.05) is 6.92 Å². The molecule has 0 amide bonds. The second-order valence-electron chi connectivity index (χ2n) is 3.07. The zero-order valence-electron chi connectivity index (χ0n) is 8.93. The second kappa shape index (κ2) is 6.09. The van der Waals surface area contributed by atoms with Crippen LogP contribution in [-0.2, 0) is 26.6 Å². The lowest BCUT2D eigenvalue weighted by Crippen LogP contribution is -2.34. The molecule has 1 heterocycles. The number of nitrogens with one attached hydrogen (secondary N) is 1. The zero-order chi connectivity index (χ0) is 12.1. The molecule has 0 aromatic carbocycles. The Morgan fingerprint density at radius 2 is 2.38 bits per heavy atom. The molecule has 0 fully saturated rings. The largest absolute Gasteiger partial charge is 0.480 e. The van der Waals surface area contributed by atoms with Crippen LogP contribution in [0.5, 0.6) is 0 Å². The fourth-order valence-corrected chi connectivity index (χ4v) is 2.71. The van der Waals surface area contributed by atoms with E-state index in [1.807, 2.05) is 13.0 Å². The monoisotopic (exact) mass is 263 g/mol. The second-order valence-corrected chi connectivity index (χ2v) is 5.57. The fourth-order valence-electron chi connectivity index (χ4n) is 0.845. The molecule has 0 aliphatic heterocycles. The van der Waals surface area contributed by atoms with Crippen molar-refractivity contribution >= 4 is 28.4 Å². The summed E-state index contributed by atoms with van der Waals surface area (Å²) in [5.41, 5.74) is 2.21. The van der Waals surface area contributed by atoms with Gasteiger partial charge in [0.2, 0.25) is 11.1 Å². The summed E-state index contributed by atoms with van der Waals surface area (Å²) in [7, 11) is 0. The number of hydroxylamine groups is 1. The van der Waals surface area contributed by atoms with Gasteiger partial charge in [0.15, 0.2) is 0 Å². The fraction of sp³-hybridized carbons (Fsp3) is 0.444. The molecular weight excluding hydrogens is 250 g/mol. The van der Waals surface area contributed by atoms with Gasteiger partial charge in [0, 0.05) is 4.88 Å². The Balaban J connectivity index is 2.49. The van der Waals surface area contributed by atoms with Crippen LogP contribution in [-0.4, -0.2) is 21.3 Å². The molecule has 2 atom stereocenters. The summed E-state index contributed by atoms with van der Waals surface area (Å²) < 4.78 is 16.9. The molecule has 0 saturated carbocycles. The highest BCUT2D eigenvalue weighted by Gasteiger charge is 2.14. The number of thiophene rings is 1. The van der Waals surface area contributed by atoms with Crippen molar-refractivity contribution in [2.24, 2.45) is 0 Å². The molecule has 0 spiro atoms. The highest BCUT2D eigenvalue weighted by atomic mass is 32.2. The minimum Gasteiger partial charge on any atom is -0.480 e. The molecule has 7 heteroatoms. The van der Waals surface area contributed by atoms with Crippen LogP contribution in [0, 0.1) is 0 Å². The van der Waals surface area contributed by atoms with Crippen LogP contribution in [0.15, 0.2) is 16.3 Å². The van der Waals surface area contributed by atoms with Crippen molar-refractivity contribution in [3.63, 3.8) is 0 Å². The van der Waals surface area contributed by atoms with Crippen LogP contribution in [0.4, 0.5) is 0 Å². The van der Waals surface area contributed by atoms with Crippen molar-refractivity contribution < 1.29 is 18.4 Å². The van der Waals surface area contributed by atoms with Gasteiger partial charge in [-0.15, -0.1) is 11.3 Å². The molecule has 16 heavy (non-hydrogen) atoms. The number of carboxylic acid groups (broad SMARTS) is 1. The standard InChI is InChI=1S/C9H13NO4S2/c1-3-7-4-5-8(15-7)16(13)14-10-6(2)9(11)12/h4-6,10H,3H2,1-2H3,(H,11,12). The van der Waals surface area contributed by atoms with E-state index in [0.29, 0.717) is 4.21 Å². The van der Waals surface area contributed by atoms with Gasteiger partial charge in [-0.2, -0.15) is 9.76 Å². The number of hydrogen-bond donors (Lipinski definition) is 2. The Morgan fingerprint density at radius 1 is 1.69 bits per heavy atom. The molecule has 2 N–H and O–H groups in total. The maximum Gasteiger partial charge on any atom is 0.322 e. The van der Waals surface area contributed by atoms with Crippen LogP contribution in [0.25, 0.3) is 0 Å². The highest BCUT2D eigenvalue weighted by Crippen LogP contribution is 2.20. The lowest BCUT2D eigenvalue weighted by molar-refractivity contribution is -0.140. The number of aryl methyl sites for hydroxylation is 1. The lowest BCUT2D eigenvalue weighted by atomic mass is 10.4. The van der Waals surface area contributed by atoms with Crippen LogP contribution in [0.2, 0.25) is 0 Å². The number of carboxylic acids is 1. The van der Waals surface area contributed by atoms with Crippen LogP contribution in [0.1, 0.15) is 18.7 Å². The van der Waals surface area contributed by atoms with E-state index < -0.39 is 23.1 Å². The average molecular weight is 263 g/mol. The molecule has 0 aliphatic rings. The normalized spacial score (nSPS) is 14.6. The predicted molar refractivity (Wildman–Crippen MR) is 61.4 cm³/mol. The van der Waals surface area contributed by atoms with E-state index in [1.165, 1.54) is 18.3 Å². The molecular formula is C9H13NO4S2. The van der Waals surface area contributed by atoms with E-state index >= 15 is 0 Å². The first kappa shape index (κ1) is 13.3. The van der Waals surface area contributed by atoms with Crippen molar-refractivity contribution in [3.8, 4) is 0 Å². The molecule has 90 valence electrons. The summed E-state index contributed by atoms with van der Waals surface area (Å²) in [6, 6.07) is 2.70. The summed E-state index contributed by atoms with van der Waals surface area (Å²) in [4.78, 5) is 11.6. The smallest absolute Gasteiger partial charge is 0.322 e. The Labute approximate surface area is 100 Å². The number of carbonyl (C=O) groups is 1.